The Balaban J connectivity index is 1.35. The van der Waals surface area contributed by atoms with E-state index in [0.29, 0.717) is 18.8 Å². The van der Waals surface area contributed by atoms with Crippen LogP contribution in [0.2, 0.25) is 0 Å². The van der Waals surface area contributed by atoms with Crippen LogP contribution in [0.1, 0.15) is 10.4 Å². The van der Waals surface area contributed by atoms with Gasteiger partial charge in [0.2, 0.25) is 5.91 Å². The maximum absolute atomic E-state index is 12.6. The van der Waals surface area contributed by atoms with E-state index in [1.165, 1.54) is 12.1 Å². The summed E-state index contributed by atoms with van der Waals surface area (Å²) in [4.78, 5) is 25.3. The van der Waals surface area contributed by atoms with E-state index in [-0.39, 0.29) is 18.0 Å². The first-order valence-corrected chi connectivity index (χ1v) is 9.67. The number of aromatic carboxylic acids is 1. The standard InChI is InChI=1S/C23H22N2O5/c26-20-12-25(13-21(20)30-17-10-8-16(9-11-17)23(28)29)14-22(27)24-19-7-3-5-15-4-1-2-6-18(15)19/h1-11,20-21,26H,12-14H2,(H,24,27)(H,28,29)/t20-,21-/m1/s1. The van der Waals surface area contributed by atoms with Crippen molar-refractivity contribution in [2.45, 2.75) is 12.2 Å². The molecule has 0 aromatic heterocycles. The van der Waals surface area contributed by atoms with Crippen LogP contribution >= 0.6 is 0 Å². The fourth-order valence-corrected chi connectivity index (χ4v) is 3.66. The molecular weight excluding hydrogens is 384 g/mol. The Hall–Kier alpha value is -3.42. The third kappa shape index (κ3) is 4.42. The molecule has 0 unspecified atom stereocenters. The van der Waals surface area contributed by atoms with Crippen LogP contribution in [0.4, 0.5) is 5.69 Å². The number of likely N-dealkylation sites (tertiary alicyclic amines) is 1. The van der Waals surface area contributed by atoms with Crippen molar-refractivity contribution in [3.8, 4) is 5.75 Å². The molecule has 0 saturated carbocycles. The number of carboxylic acid groups (broad SMARTS) is 1. The fourth-order valence-electron chi connectivity index (χ4n) is 3.66. The van der Waals surface area contributed by atoms with Crippen LogP contribution in [0, 0.1) is 0 Å². The highest BCUT2D eigenvalue weighted by molar-refractivity contribution is 6.02. The number of fused-ring (bicyclic) bond motifs is 1. The van der Waals surface area contributed by atoms with Crippen molar-refractivity contribution in [3.63, 3.8) is 0 Å². The molecule has 0 bridgehead atoms. The number of aliphatic hydroxyl groups excluding tert-OH is 1. The summed E-state index contributed by atoms with van der Waals surface area (Å²) in [7, 11) is 0. The maximum atomic E-state index is 12.6. The lowest BCUT2D eigenvalue weighted by molar-refractivity contribution is -0.117. The van der Waals surface area contributed by atoms with Gasteiger partial charge in [0.05, 0.1) is 12.1 Å². The van der Waals surface area contributed by atoms with E-state index in [0.717, 1.165) is 16.5 Å². The highest BCUT2D eigenvalue weighted by Gasteiger charge is 2.34. The van der Waals surface area contributed by atoms with E-state index in [1.54, 1.807) is 12.1 Å². The van der Waals surface area contributed by atoms with Gasteiger partial charge in [0.15, 0.2) is 0 Å². The second-order valence-corrected chi connectivity index (χ2v) is 7.32. The number of benzene rings is 3. The Kier molecular flexibility index (Phi) is 5.65. The third-order valence-electron chi connectivity index (χ3n) is 5.13. The van der Waals surface area contributed by atoms with Crippen molar-refractivity contribution in [1.29, 1.82) is 0 Å². The van der Waals surface area contributed by atoms with Crippen LogP contribution in [0.15, 0.2) is 66.7 Å². The molecule has 7 heteroatoms. The van der Waals surface area contributed by atoms with Gasteiger partial charge in [0, 0.05) is 24.2 Å². The molecule has 2 atom stereocenters. The van der Waals surface area contributed by atoms with Gasteiger partial charge >= 0.3 is 5.97 Å². The van der Waals surface area contributed by atoms with E-state index in [4.69, 9.17) is 9.84 Å². The second kappa shape index (κ2) is 8.52. The molecule has 3 N–H and O–H groups in total. The van der Waals surface area contributed by atoms with Crippen molar-refractivity contribution in [3.05, 3.63) is 72.3 Å². The van der Waals surface area contributed by atoms with Crippen molar-refractivity contribution >= 4 is 28.3 Å². The van der Waals surface area contributed by atoms with Gasteiger partial charge in [-0.25, -0.2) is 4.79 Å². The fraction of sp³-hybridized carbons (Fsp3) is 0.217. The average Bonchev–Trinajstić information content (AvgIpc) is 3.07. The van der Waals surface area contributed by atoms with Crippen LogP contribution in [0.25, 0.3) is 10.8 Å². The van der Waals surface area contributed by atoms with Crippen LogP contribution in [0.3, 0.4) is 0 Å². The minimum absolute atomic E-state index is 0.137. The van der Waals surface area contributed by atoms with Crippen molar-refractivity contribution in [1.82, 2.24) is 4.90 Å². The highest BCUT2D eigenvalue weighted by atomic mass is 16.5. The van der Waals surface area contributed by atoms with Crippen LogP contribution in [-0.2, 0) is 4.79 Å². The van der Waals surface area contributed by atoms with Crippen LogP contribution < -0.4 is 10.1 Å². The first kappa shape index (κ1) is 19.9. The number of β-amino-alcohol motifs (C(OH)–C–C–N with tert-alkyl or cyclic N) is 1. The van der Waals surface area contributed by atoms with E-state index in [1.807, 2.05) is 47.4 Å². The molecule has 0 radical (unpaired) electrons. The highest BCUT2D eigenvalue weighted by Crippen LogP contribution is 2.23. The Bertz CT molecular complexity index is 1060. The topological polar surface area (TPSA) is 99.1 Å². The number of nitrogens with zero attached hydrogens (tertiary/aromatic N) is 1. The maximum Gasteiger partial charge on any atom is 0.335 e. The van der Waals surface area contributed by atoms with Crippen molar-refractivity contribution in [2.24, 2.45) is 0 Å². The summed E-state index contributed by atoms with van der Waals surface area (Å²) in [6.45, 7) is 0.851. The quantitative estimate of drug-likeness (QED) is 0.582. The minimum atomic E-state index is -1.01. The average molecular weight is 406 g/mol. The van der Waals surface area contributed by atoms with Gasteiger partial charge in [-0.3, -0.25) is 9.69 Å². The molecular formula is C23H22N2O5. The smallest absolute Gasteiger partial charge is 0.335 e. The predicted octanol–water partition coefficient (Wildman–Crippen LogP) is 2.60. The molecule has 1 heterocycles. The second-order valence-electron chi connectivity index (χ2n) is 7.32. The number of rotatable bonds is 6. The number of hydrogen-bond acceptors (Lipinski definition) is 5. The SMILES string of the molecule is O=C(CN1C[C@@H](O)[C@H](Oc2ccc(C(=O)O)cc2)C1)Nc1cccc2ccccc12. The van der Waals surface area contributed by atoms with Gasteiger partial charge in [-0.2, -0.15) is 0 Å². The van der Waals surface area contributed by atoms with Crippen molar-refractivity contribution < 1.29 is 24.5 Å². The molecule has 30 heavy (non-hydrogen) atoms. The molecule has 3 aromatic rings. The van der Waals surface area contributed by atoms with Gasteiger partial charge in [0.1, 0.15) is 18.0 Å². The summed E-state index contributed by atoms with van der Waals surface area (Å²) < 4.78 is 5.79. The summed E-state index contributed by atoms with van der Waals surface area (Å²) in [5.74, 6) is -0.693. The number of aliphatic hydroxyl groups is 1. The lowest BCUT2D eigenvalue weighted by atomic mass is 10.1. The van der Waals surface area contributed by atoms with E-state index >= 15 is 0 Å². The van der Waals surface area contributed by atoms with Crippen LogP contribution in [0.5, 0.6) is 5.75 Å². The Labute approximate surface area is 173 Å². The Morgan fingerprint density at radius 1 is 1.00 bits per heavy atom. The molecule has 7 nitrogen and oxygen atoms in total. The number of anilines is 1. The summed E-state index contributed by atoms with van der Waals surface area (Å²) in [6, 6.07) is 19.6. The number of carboxylic acids is 1. The van der Waals surface area contributed by atoms with Gasteiger partial charge < -0.3 is 20.3 Å². The molecule has 3 aromatic carbocycles. The molecule has 1 saturated heterocycles. The van der Waals surface area contributed by atoms with E-state index in [2.05, 4.69) is 5.32 Å². The Morgan fingerprint density at radius 3 is 2.50 bits per heavy atom. The predicted molar refractivity (Wildman–Crippen MR) is 113 cm³/mol. The number of ether oxygens (including phenoxy) is 1. The van der Waals surface area contributed by atoms with Crippen molar-refractivity contribution in [2.75, 3.05) is 25.0 Å². The lowest BCUT2D eigenvalue weighted by Crippen LogP contribution is -2.33. The molecule has 154 valence electrons. The van der Waals surface area contributed by atoms with E-state index in [9.17, 15) is 14.7 Å². The third-order valence-corrected chi connectivity index (χ3v) is 5.13. The van der Waals surface area contributed by atoms with Gasteiger partial charge in [-0.15, -0.1) is 0 Å². The number of carbonyl (C=O) groups excluding carboxylic acids is 1. The summed E-state index contributed by atoms with van der Waals surface area (Å²) in [5.41, 5.74) is 0.921. The van der Waals surface area contributed by atoms with Crippen LogP contribution in [-0.4, -0.2) is 58.8 Å². The Morgan fingerprint density at radius 2 is 1.73 bits per heavy atom. The molecule has 1 amide bonds. The first-order valence-electron chi connectivity index (χ1n) is 9.67. The summed E-state index contributed by atoms with van der Waals surface area (Å²) >= 11 is 0. The van der Waals surface area contributed by atoms with Gasteiger partial charge in [-0.1, -0.05) is 36.4 Å². The number of carbonyl (C=O) groups is 2. The largest absolute Gasteiger partial charge is 0.486 e. The summed E-state index contributed by atoms with van der Waals surface area (Å²) in [5, 5.41) is 24.2. The molecule has 1 aliphatic heterocycles. The summed E-state index contributed by atoms with van der Waals surface area (Å²) in [6.07, 6.45) is -1.24. The number of amides is 1. The van der Waals surface area contributed by atoms with Gasteiger partial charge in [0.25, 0.3) is 0 Å². The van der Waals surface area contributed by atoms with Gasteiger partial charge in [-0.05, 0) is 35.7 Å². The zero-order valence-corrected chi connectivity index (χ0v) is 16.2. The van der Waals surface area contributed by atoms with E-state index < -0.39 is 18.2 Å². The normalized spacial score (nSPS) is 19.0. The lowest BCUT2D eigenvalue weighted by Gasteiger charge is -2.17. The zero-order chi connectivity index (χ0) is 21.1. The zero-order valence-electron chi connectivity index (χ0n) is 16.2. The first-order chi connectivity index (χ1) is 14.5. The minimum Gasteiger partial charge on any atom is -0.486 e. The molecule has 0 aliphatic carbocycles. The molecule has 4 rings (SSSR count). The number of nitrogens with one attached hydrogen (secondary N) is 1. The molecule has 0 spiro atoms. The molecule has 1 fully saturated rings. The monoisotopic (exact) mass is 406 g/mol. The number of hydrogen-bond donors (Lipinski definition) is 3. The molecule has 1 aliphatic rings.